The second kappa shape index (κ2) is 13.8. The molecule has 48 heavy (non-hydrogen) atoms. The van der Waals surface area contributed by atoms with Crippen LogP contribution >= 0.6 is 0 Å². The molecule has 0 N–H and O–H groups in total. The number of nitriles is 4. The first-order valence-electron chi connectivity index (χ1n) is 15.5. The monoisotopic (exact) mass is 624 g/mol. The van der Waals surface area contributed by atoms with Crippen LogP contribution in [0.25, 0.3) is 22.8 Å². The number of nitrogens with zero attached hydrogens (tertiary/aromatic N) is 4. The number of allylic oxidation sites excluding steroid dienone is 3. The molecule has 5 rings (SSSR count). The van der Waals surface area contributed by atoms with Gasteiger partial charge in [-0.3, -0.25) is 0 Å². The molecule has 232 valence electrons. The van der Waals surface area contributed by atoms with Crippen molar-refractivity contribution in [1.82, 2.24) is 0 Å². The Bertz CT molecular complexity index is 2050. The van der Waals surface area contributed by atoms with Gasteiger partial charge in [-0.15, -0.1) is 0 Å². The zero-order valence-electron chi connectivity index (χ0n) is 27.6. The topological polar surface area (TPSA) is 114 Å². The van der Waals surface area contributed by atoms with Crippen LogP contribution in [0, 0.1) is 45.3 Å². The molecule has 6 nitrogen and oxygen atoms in total. The van der Waals surface area contributed by atoms with Gasteiger partial charge < -0.3 is 9.31 Å². The third-order valence-electron chi connectivity index (χ3n) is 8.99. The molecule has 0 atom stereocenters. The Morgan fingerprint density at radius 1 is 0.562 bits per heavy atom. The van der Waals surface area contributed by atoms with Gasteiger partial charge in [0.1, 0.15) is 35.4 Å². The lowest BCUT2D eigenvalue weighted by molar-refractivity contribution is 0.00578. The van der Waals surface area contributed by atoms with Crippen molar-refractivity contribution >= 4 is 35.4 Å². The van der Waals surface area contributed by atoms with Crippen LogP contribution in [-0.4, -0.2) is 18.3 Å². The Morgan fingerprint density at radius 2 is 0.979 bits per heavy atom. The predicted molar refractivity (Wildman–Crippen MR) is 190 cm³/mol. The van der Waals surface area contributed by atoms with Crippen molar-refractivity contribution in [3.63, 3.8) is 0 Å². The van der Waals surface area contributed by atoms with Crippen molar-refractivity contribution in [2.45, 2.75) is 45.8 Å². The van der Waals surface area contributed by atoms with Crippen molar-refractivity contribution < 1.29 is 9.31 Å². The molecule has 4 aromatic rings. The standard InChI is InChI=1S/C41H33BN4O2/c1-28(36(26-45)27-46)31-15-17-34(18-16-31)39(35-19-21-37(22-20-35)42-47-40(2,3)41(4,5)48-42)38(32-9-7-6-8-10-32)33-13-11-29(12-14-33)23-30(24-43)25-44/h6-23H,1-5H3/b39-38+. The van der Waals surface area contributed by atoms with Gasteiger partial charge in [-0.1, -0.05) is 103 Å². The molecule has 0 amide bonds. The minimum atomic E-state index is -0.499. The lowest BCUT2D eigenvalue weighted by Crippen LogP contribution is -2.41. The summed E-state index contributed by atoms with van der Waals surface area (Å²) >= 11 is 0. The Hall–Kier alpha value is -5.96. The van der Waals surface area contributed by atoms with Crippen LogP contribution in [0.2, 0.25) is 0 Å². The van der Waals surface area contributed by atoms with Gasteiger partial charge in [-0.25, -0.2) is 0 Å². The molecule has 1 heterocycles. The van der Waals surface area contributed by atoms with E-state index in [0.29, 0.717) is 5.57 Å². The summed E-state index contributed by atoms with van der Waals surface area (Å²) in [6, 6.07) is 41.8. The van der Waals surface area contributed by atoms with Crippen molar-refractivity contribution in [3.8, 4) is 24.3 Å². The smallest absolute Gasteiger partial charge is 0.399 e. The summed E-state index contributed by atoms with van der Waals surface area (Å²) in [5.74, 6) is 0. The summed E-state index contributed by atoms with van der Waals surface area (Å²) in [5.41, 5.74) is 8.02. The van der Waals surface area contributed by atoms with E-state index in [2.05, 4.69) is 24.3 Å². The predicted octanol–water partition coefficient (Wildman–Crippen LogP) is 8.24. The van der Waals surface area contributed by atoms with Crippen LogP contribution in [0.5, 0.6) is 0 Å². The maximum absolute atomic E-state index is 9.44. The molecule has 0 aromatic heterocycles. The highest BCUT2D eigenvalue weighted by Gasteiger charge is 2.51. The highest BCUT2D eigenvalue weighted by molar-refractivity contribution is 6.62. The van der Waals surface area contributed by atoms with Crippen LogP contribution in [-0.2, 0) is 9.31 Å². The highest BCUT2D eigenvalue weighted by Crippen LogP contribution is 2.39. The molecule has 0 bridgehead atoms. The van der Waals surface area contributed by atoms with E-state index < -0.39 is 18.3 Å². The second-order valence-electron chi connectivity index (χ2n) is 12.5. The average Bonchev–Trinajstić information content (AvgIpc) is 3.33. The Labute approximate surface area is 282 Å². The van der Waals surface area contributed by atoms with Crippen molar-refractivity contribution in [2.75, 3.05) is 0 Å². The average molecular weight is 625 g/mol. The van der Waals surface area contributed by atoms with E-state index in [0.717, 1.165) is 50.0 Å². The van der Waals surface area contributed by atoms with E-state index in [-0.39, 0.29) is 11.1 Å². The summed E-state index contributed by atoms with van der Waals surface area (Å²) < 4.78 is 12.6. The Morgan fingerprint density at radius 3 is 1.44 bits per heavy atom. The summed E-state index contributed by atoms with van der Waals surface area (Å²) in [5, 5.41) is 37.4. The van der Waals surface area contributed by atoms with Gasteiger partial charge in [0.05, 0.1) is 11.2 Å². The molecule has 1 saturated heterocycles. The number of hydrogen-bond acceptors (Lipinski definition) is 6. The van der Waals surface area contributed by atoms with Crippen molar-refractivity contribution in [3.05, 3.63) is 148 Å². The summed E-state index contributed by atoms with van der Waals surface area (Å²) in [6.07, 6.45) is 1.57. The van der Waals surface area contributed by atoms with Crippen LogP contribution in [0.4, 0.5) is 0 Å². The molecule has 1 aliphatic heterocycles. The first-order valence-corrected chi connectivity index (χ1v) is 15.5. The molecule has 0 unspecified atom stereocenters. The summed E-state index contributed by atoms with van der Waals surface area (Å²) in [4.78, 5) is 0. The van der Waals surface area contributed by atoms with E-state index in [4.69, 9.17) is 9.31 Å². The van der Waals surface area contributed by atoms with E-state index in [1.807, 2.05) is 131 Å². The maximum atomic E-state index is 9.44. The fourth-order valence-corrected chi connectivity index (χ4v) is 5.53. The van der Waals surface area contributed by atoms with Crippen molar-refractivity contribution in [2.24, 2.45) is 0 Å². The minimum Gasteiger partial charge on any atom is -0.399 e. The fraction of sp³-hybridized carbons (Fsp3) is 0.171. The first kappa shape index (κ1) is 33.4. The molecule has 7 heteroatoms. The lowest BCUT2D eigenvalue weighted by atomic mass is 9.77. The third-order valence-corrected chi connectivity index (χ3v) is 8.99. The normalized spacial score (nSPS) is 14.7. The third kappa shape index (κ3) is 6.76. The number of benzene rings is 4. The summed E-state index contributed by atoms with van der Waals surface area (Å²) in [6.45, 7) is 9.92. The van der Waals surface area contributed by atoms with Gasteiger partial charge in [0.2, 0.25) is 0 Å². The van der Waals surface area contributed by atoms with Crippen LogP contribution in [0.3, 0.4) is 0 Å². The molecular formula is C41H33BN4O2. The molecule has 1 aliphatic rings. The van der Waals surface area contributed by atoms with Gasteiger partial charge in [-0.05, 0) is 96.3 Å². The van der Waals surface area contributed by atoms with Gasteiger partial charge >= 0.3 is 7.12 Å². The maximum Gasteiger partial charge on any atom is 0.494 e. The largest absolute Gasteiger partial charge is 0.494 e. The van der Waals surface area contributed by atoms with Gasteiger partial charge in [0.15, 0.2) is 0 Å². The number of hydrogen-bond donors (Lipinski definition) is 0. The van der Waals surface area contributed by atoms with Gasteiger partial charge in [0, 0.05) is 0 Å². The molecule has 0 saturated carbocycles. The number of rotatable bonds is 7. The Kier molecular flexibility index (Phi) is 9.61. The van der Waals surface area contributed by atoms with Crippen LogP contribution in [0.1, 0.15) is 68.0 Å². The second-order valence-corrected chi connectivity index (χ2v) is 12.5. The highest BCUT2D eigenvalue weighted by atomic mass is 16.7. The van der Waals surface area contributed by atoms with E-state index in [1.54, 1.807) is 13.0 Å². The van der Waals surface area contributed by atoms with Crippen LogP contribution in [0.15, 0.2) is 114 Å². The molecule has 0 spiro atoms. The molecule has 0 radical (unpaired) electrons. The Balaban J connectivity index is 1.72. The zero-order chi connectivity index (χ0) is 34.5. The minimum absolute atomic E-state index is 0.0322. The lowest BCUT2D eigenvalue weighted by Gasteiger charge is -2.32. The SMILES string of the molecule is CC(=C(C#N)C#N)c1ccc(/C(=C(/c2ccccc2)c2ccc(C=C(C#N)C#N)cc2)c2ccc(B3OC(C)(C)C(C)(C)O3)cc2)cc1. The van der Waals surface area contributed by atoms with Gasteiger partial charge in [0.25, 0.3) is 0 Å². The zero-order valence-corrected chi connectivity index (χ0v) is 27.6. The molecule has 4 aromatic carbocycles. The molecule has 1 fully saturated rings. The van der Waals surface area contributed by atoms with Crippen LogP contribution < -0.4 is 5.46 Å². The van der Waals surface area contributed by atoms with E-state index >= 15 is 0 Å². The quantitative estimate of drug-likeness (QED) is 0.116. The van der Waals surface area contributed by atoms with E-state index in [9.17, 15) is 21.0 Å². The first-order chi connectivity index (χ1) is 23.0. The van der Waals surface area contributed by atoms with E-state index in [1.165, 1.54) is 0 Å². The van der Waals surface area contributed by atoms with Gasteiger partial charge in [-0.2, -0.15) is 21.0 Å². The molecular weight excluding hydrogens is 591 g/mol. The molecule has 0 aliphatic carbocycles. The van der Waals surface area contributed by atoms with Crippen molar-refractivity contribution in [1.29, 1.82) is 21.0 Å². The fourth-order valence-electron chi connectivity index (χ4n) is 5.53. The summed E-state index contributed by atoms with van der Waals surface area (Å²) in [7, 11) is -0.499.